The molecule has 0 radical (unpaired) electrons. The van der Waals surface area contributed by atoms with E-state index in [9.17, 15) is 5.11 Å². The first kappa shape index (κ1) is 22.9. The number of β-amino-alcohol motifs (C(OH)–C–C–N with tert-alkyl or cyclic N) is 1. The SMILES string of the molecule is Cc1cc(C2CN(c3c(Cl)cccc3Cl)C2)c(C)cc1CN1CC(C)(O)C1.O=CO. The summed E-state index contributed by atoms with van der Waals surface area (Å²) in [7, 11) is 0. The van der Waals surface area contributed by atoms with Gasteiger partial charge in [0.25, 0.3) is 6.47 Å². The van der Waals surface area contributed by atoms with E-state index in [-0.39, 0.29) is 6.47 Å². The summed E-state index contributed by atoms with van der Waals surface area (Å²) >= 11 is 12.7. The van der Waals surface area contributed by atoms with E-state index in [4.69, 9.17) is 33.1 Å². The van der Waals surface area contributed by atoms with Gasteiger partial charge in [-0.3, -0.25) is 9.69 Å². The molecular formula is C23H28Cl2N2O3. The zero-order valence-electron chi connectivity index (χ0n) is 17.5. The molecule has 2 aliphatic rings. The molecule has 0 aromatic heterocycles. The molecule has 30 heavy (non-hydrogen) atoms. The predicted molar refractivity (Wildman–Crippen MR) is 122 cm³/mol. The fraction of sp³-hybridized carbons (Fsp3) is 0.435. The van der Waals surface area contributed by atoms with Gasteiger partial charge in [0.2, 0.25) is 0 Å². The van der Waals surface area contributed by atoms with E-state index >= 15 is 0 Å². The van der Waals surface area contributed by atoms with Gasteiger partial charge in [-0.2, -0.15) is 0 Å². The van der Waals surface area contributed by atoms with Crippen LogP contribution in [-0.2, 0) is 11.3 Å². The Morgan fingerprint density at radius 3 is 2.23 bits per heavy atom. The molecular weight excluding hydrogens is 423 g/mol. The highest BCUT2D eigenvalue weighted by atomic mass is 35.5. The fourth-order valence-electron chi connectivity index (χ4n) is 4.43. The standard InChI is InChI=1S/C22H26Cl2N2O.CH2O2/c1-14-8-18(15(2)7-16(14)9-25-12-22(3,27)13-25)17-10-26(11-17)21-19(23)5-4-6-20(21)24;2-1-3/h4-8,17,27H,9-13H2,1-3H3;1H,(H,2,3). The maximum Gasteiger partial charge on any atom is 0.290 e. The first-order chi connectivity index (χ1) is 14.1. The molecule has 2 N–H and O–H groups in total. The number of carboxylic acid groups (broad SMARTS) is 1. The molecule has 4 rings (SSSR count). The smallest absolute Gasteiger partial charge is 0.290 e. The lowest BCUT2D eigenvalue weighted by Gasteiger charge is -2.45. The first-order valence-electron chi connectivity index (χ1n) is 9.96. The van der Waals surface area contributed by atoms with Gasteiger partial charge < -0.3 is 15.1 Å². The quantitative estimate of drug-likeness (QED) is 0.672. The number of hydrogen-bond acceptors (Lipinski definition) is 4. The molecule has 0 amide bonds. The number of rotatable bonds is 4. The average molecular weight is 451 g/mol. The predicted octanol–water partition coefficient (Wildman–Crippen LogP) is 4.48. The van der Waals surface area contributed by atoms with Crippen LogP contribution in [0.5, 0.6) is 0 Å². The van der Waals surface area contributed by atoms with Gasteiger partial charge in [-0.25, -0.2) is 0 Å². The number of hydrogen-bond donors (Lipinski definition) is 2. The molecule has 2 heterocycles. The number of halogens is 2. The third-order valence-corrected chi connectivity index (χ3v) is 6.43. The van der Waals surface area contributed by atoms with Gasteiger partial charge in [0.1, 0.15) is 0 Å². The summed E-state index contributed by atoms with van der Waals surface area (Å²) in [6, 6.07) is 10.3. The Balaban J connectivity index is 0.000000806. The van der Waals surface area contributed by atoms with Crippen molar-refractivity contribution >= 4 is 35.4 Å². The van der Waals surface area contributed by atoms with Gasteiger partial charge in [-0.15, -0.1) is 0 Å². The summed E-state index contributed by atoms with van der Waals surface area (Å²) in [6.45, 7) is 10.4. The third kappa shape index (κ3) is 4.92. The molecule has 2 aromatic carbocycles. The highest BCUT2D eigenvalue weighted by Gasteiger charge is 2.36. The molecule has 7 heteroatoms. The van der Waals surface area contributed by atoms with Crippen molar-refractivity contribution in [3.05, 3.63) is 62.6 Å². The van der Waals surface area contributed by atoms with E-state index in [0.717, 1.165) is 48.5 Å². The zero-order valence-corrected chi connectivity index (χ0v) is 19.0. The van der Waals surface area contributed by atoms with Crippen molar-refractivity contribution in [3.8, 4) is 0 Å². The average Bonchev–Trinajstić information content (AvgIpc) is 2.59. The topological polar surface area (TPSA) is 64.0 Å². The van der Waals surface area contributed by atoms with Crippen LogP contribution in [-0.4, -0.2) is 53.4 Å². The third-order valence-electron chi connectivity index (χ3n) is 5.82. The van der Waals surface area contributed by atoms with Crippen LogP contribution >= 0.6 is 23.2 Å². The minimum atomic E-state index is -0.516. The number of likely N-dealkylation sites (tertiary alicyclic amines) is 1. The first-order valence-corrected chi connectivity index (χ1v) is 10.7. The Bertz CT molecular complexity index is 899. The van der Waals surface area contributed by atoms with E-state index in [1.165, 1.54) is 22.3 Å². The normalized spacial score (nSPS) is 18.1. The Morgan fingerprint density at radius 2 is 1.70 bits per heavy atom. The van der Waals surface area contributed by atoms with Crippen LogP contribution in [0, 0.1) is 13.8 Å². The summed E-state index contributed by atoms with van der Waals surface area (Å²) in [6.07, 6.45) is 0. The maximum absolute atomic E-state index is 9.93. The van der Waals surface area contributed by atoms with Crippen LogP contribution < -0.4 is 4.90 Å². The van der Waals surface area contributed by atoms with Gasteiger partial charge >= 0.3 is 0 Å². The van der Waals surface area contributed by atoms with E-state index in [1.54, 1.807) is 0 Å². The van der Waals surface area contributed by atoms with Crippen LogP contribution in [0.3, 0.4) is 0 Å². The molecule has 0 atom stereocenters. The molecule has 0 saturated carbocycles. The largest absolute Gasteiger partial charge is 0.483 e. The Hall–Kier alpha value is -1.79. The lowest BCUT2D eigenvalue weighted by molar-refractivity contribution is -0.122. The lowest BCUT2D eigenvalue weighted by atomic mass is 9.85. The molecule has 2 aliphatic heterocycles. The van der Waals surface area contributed by atoms with Gasteiger partial charge in [0, 0.05) is 38.6 Å². The summed E-state index contributed by atoms with van der Waals surface area (Å²) in [5.41, 5.74) is 5.89. The van der Waals surface area contributed by atoms with Gasteiger partial charge in [-0.1, -0.05) is 41.4 Å². The fourth-order valence-corrected chi connectivity index (χ4v) is 5.06. The van der Waals surface area contributed by atoms with Gasteiger partial charge in [0.05, 0.1) is 21.3 Å². The van der Waals surface area contributed by atoms with E-state index < -0.39 is 5.60 Å². The number of para-hydroxylation sites is 1. The van der Waals surface area contributed by atoms with Crippen molar-refractivity contribution in [2.24, 2.45) is 0 Å². The number of benzene rings is 2. The van der Waals surface area contributed by atoms with Crippen LogP contribution in [0.15, 0.2) is 30.3 Å². The second kappa shape index (κ2) is 9.15. The van der Waals surface area contributed by atoms with Crippen molar-refractivity contribution in [2.75, 3.05) is 31.1 Å². The lowest BCUT2D eigenvalue weighted by Crippen LogP contribution is -2.59. The van der Waals surface area contributed by atoms with Gasteiger partial charge in [0.15, 0.2) is 0 Å². The second-order valence-corrected chi connectivity index (χ2v) is 9.37. The van der Waals surface area contributed by atoms with E-state index in [2.05, 4.69) is 35.8 Å². The highest BCUT2D eigenvalue weighted by Crippen LogP contribution is 2.41. The monoisotopic (exact) mass is 450 g/mol. The summed E-state index contributed by atoms with van der Waals surface area (Å²) in [5.74, 6) is 0.509. The van der Waals surface area contributed by atoms with Crippen LogP contribution in [0.25, 0.3) is 0 Å². The molecule has 2 fully saturated rings. The Kier molecular flexibility index (Phi) is 6.98. The number of nitrogens with zero attached hydrogens (tertiary/aromatic N) is 2. The molecule has 0 unspecified atom stereocenters. The molecule has 162 valence electrons. The van der Waals surface area contributed by atoms with Crippen molar-refractivity contribution in [3.63, 3.8) is 0 Å². The Morgan fingerprint density at radius 1 is 1.13 bits per heavy atom. The number of carbonyl (C=O) groups is 1. The van der Waals surface area contributed by atoms with E-state index in [1.807, 2.05) is 25.1 Å². The van der Waals surface area contributed by atoms with Crippen molar-refractivity contribution in [2.45, 2.75) is 38.8 Å². The summed E-state index contributed by atoms with van der Waals surface area (Å²) < 4.78 is 0. The van der Waals surface area contributed by atoms with Crippen LogP contribution in [0.4, 0.5) is 5.69 Å². The number of anilines is 1. The summed E-state index contributed by atoms with van der Waals surface area (Å²) in [5, 5.41) is 18.3. The molecule has 0 spiro atoms. The van der Waals surface area contributed by atoms with Crippen molar-refractivity contribution in [1.29, 1.82) is 0 Å². The number of aryl methyl sites for hydroxylation is 2. The van der Waals surface area contributed by atoms with Gasteiger partial charge in [-0.05, 0) is 55.2 Å². The molecule has 2 saturated heterocycles. The summed E-state index contributed by atoms with van der Waals surface area (Å²) in [4.78, 5) is 12.9. The molecule has 2 aromatic rings. The highest BCUT2D eigenvalue weighted by molar-refractivity contribution is 6.39. The van der Waals surface area contributed by atoms with Crippen molar-refractivity contribution < 1.29 is 15.0 Å². The molecule has 0 aliphatic carbocycles. The minimum absolute atomic E-state index is 0.250. The zero-order chi connectivity index (χ0) is 22.1. The Labute approximate surface area is 187 Å². The van der Waals surface area contributed by atoms with Crippen molar-refractivity contribution in [1.82, 2.24) is 4.90 Å². The molecule has 0 bridgehead atoms. The minimum Gasteiger partial charge on any atom is -0.483 e. The van der Waals surface area contributed by atoms with Crippen LogP contribution in [0.1, 0.15) is 35.1 Å². The molecule has 5 nitrogen and oxygen atoms in total. The number of aliphatic hydroxyl groups is 1. The second-order valence-electron chi connectivity index (χ2n) is 8.55. The maximum atomic E-state index is 9.93. The van der Waals surface area contributed by atoms with Crippen LogP contribution in [0.2, 0.25) is 10.0 Å². The van der Waals surface area contributed by atoms with E-state index in [0.29, 0.717) is 5.92 Å².